The standard InChI is InChI=1S/C12H17O4/c1-4-15-10(13)12(11(14)16-5-2)7-6-9(3)8-12/h6H,3-5,7-8H2,1-2H3. The van der Waals surface area contributed by atoms with Crippen molar-refractivity contribution in [2.45, 2.75) is 26.7 Å². The molecule has 4 nitrogen and oxygen atoms in total. The molecule has 1 radical (unpaired) electrons. The molecule has 89 valence electrons. The van der Waals surface area contributed by atoms with Crippen LogP contribution in [0.4, 0.5) is 0 Å². The fourth-order valence-electron chi connectivity index (χ4n) is 1.78. The molecule has 1 aliphatic rings. The van der Waals surface area contributed by atoms with E-state index in [2.05, 4.69) is 6.58 Å². The molecule has 16 heavy (non-hydrogen) atoms. The molecule has 4 heteroatoms. The van der Waals surface area contributed by atoms with Crippen LogP contribution in [0.5, 0.6) is 0 Å². The van der Waals surface area contributed by atoms with E-state index in [0.29, 0.717) is 12.8 Å². The first-order chi connectivity index (χ1) is 7.56. The smallest absolute Gasteiger partial charge is 0.323 e. The van der Waals surface area contributed by atoms with Crippen LogP contribution < -0.4 is 0 Å². The van der Waals surface area contributed by atoms with Gasteiger partial charge in [-0.1, -0.05) is 12.2 Å². The summed E-state index contributed by atoms with van der Waals surface area (Å²) in [4.78, 5) is 23.7. The van der Waals surface area contributed by atoms with Crippen molar-refractivity contribution in [2.24, 2.45) is 5.41 Å². The Balaban J connectivity index is 2.89. The molecule has 1 aliphatic carbocycles. The fourth-order valence-corrected chi connectivity index (χ4v) is 1.78. The highest BCUT2D eigenvalue weighted by Gasteiger charge is 2.52. The third-order valence-corrected chi connectivity index (χ3v) is 2.60. The topological polar surface area (TPSA) is 52.6 Å². The van der Waals surface area contributed by atoms with Gasteiger partial charge in [-0.3, -0.25) is 9.59 Å². The van der Waals surface area contributed by atoms with E-state index >= 15 is 0 Å². The Morgan fingerprint density at radius 3 is 2.12 bits per heavy atom. The first-order valence-electron chi connectivity index (χ1n) is 5.42. The SMILES string of the molecule is C=C1[CH]CC(C(=O)OCC)(C(=O)OCC)C1. The summed E-state index contributed by atoms with van der Waals surface area (Å²) < 4.78 is 9.89. The van der Waals surface area contributed by atoms with Crippen molar-refractivity contribution in [2.75, 3.05) is 13.2 Å². The number of carbonyl (C=O) groups excluding carboxylic acids is 2. The largest absolute Gasteiger partial charge is 0.465 e. The molecule has 0 aliphatic heterocycles. The van der Waals surface area contributed by atoms with Gasteiger partial charge in [0.05, 0.1) is 13.2 Å². The van der Waals surface area contributed by atoms with E-state index in [0.717, 1.165) is 5.57 Å². The summed E-state index contributed by atoms with van der Waals surface area (Å²) in [6.07, 6.45) is 2.40. The van der Waals surface area contributed by atoms with Crippen LogP contribution in [0.15, 0.2) is 12.2 Å². The lowest BCUT2D eigenvalue weighted by molar-refractivity contribution is -0.171. The highest BCUT2D eigenvalue weighted by atomic mass is 16.6. The van der Waals surface area contributed by atoms with Crippen molar-refractivity contribution in [1.29, 1.82) is 0 Å². The van der Waals surface area contributed by atoms with Gasteiger partial charge in [-0.25, -0.2) is 0 Å². The van der Waals surface area contributed by atoms with Crippen molar-refractivity contribution in [3.8, 4) is 0 Å². The zero-order valence-corrected chi connectivity index (χ0v) is 9.75. The van der Waals surface area contributed by atoms with E-state index in [9.17, 15) is 9.59 Å². The van der Waals surface area contributed by atoms with Gasteiger partial charge >= 0.3 is 11.9 Å². The minimum Gasteiger partial charge on any atom is -0.465 e. The van der Waals surface area contributed by atoms with Gasteiger partial charge < -0.3 is 9.47 Å². The summed E-state index contributed by atoms with van der Waals surface area (Å²) in [6, 6.07) is 0. The summed E-state index contributed by atoms with van der Waals surface area (Å²) in [6.45, 7) is 7.70. The molecular weight excluding hydrogens is 208 g/mol. The van der Waals surface area contributed by atoms with Gasteiger partial charge in [-0.15, -0.1) is 0 Å². The lowest BCUT2D eigenvalue weighted by Crippen LogP contribution is -2.39. The summed E-state index contributed by atoms with van der Waals surface area (Å²) in [5.41, 5.74) is -0.413. The third kappa shape index (κ3) is 2.26. The number of ether oxygens (including phenoxy) is 2. The van der Waals surface area contributed by atoms with Crippen LogP contribution in [-0.4, -0.2) is 25.2 Å². The van der Waals surface area contributed by atoms with Crippen molar-refractivity contribution in [3.05, 3.63) is 18.6 Å². The van der Waals surface area contributed by atoms with Gasteiger partial charge in [-0.2, -0.15) is 0 Å². The average molecular weight is 225 g/mol. The Bertz CT molecular complexity index is 288. The Morgan fingerprint density at radius 2 is 1.81 bits per heavy atom. The fraction of sp³-hybridized carbons (Fsp3) is 0.583. The second kappa shape index (κ2) is 5.14. The Labute approximate surface area is 95.6 Å². The second-order valence-electron chi connectivity index (χ2n) is 3.77. The predicted octanol–water partition coefficient (Wildman–Crippen LogP) is 1.65. The number of hydrogen-bond acceptors (Lipinski definition) is 4. The maximum atomic E-state index is 11.8. The van der Waals surface area contributed by atoms with Gasteiger partial charge in [0.25, 0.3) is 0 Å². The molecule has 0 amide bonds. The van der Waals surface area contributed by atoms with Gasteiger partial charge in [0.2, 0.25) is 0 Å². The monoisotopic (exact) mass is 225 g/mol. The first kappa shape index (κ1) is 12.7. The first-order valence-corrected chi connectivity index (χ1v) is 5.42. The van der Waals surface area contributed by atoms with Gasteiger partial charge in [0.15, 0.2) is 5.41 Å². The Hall–Kier alpha value is -1.32. The molecule has 1 fully saturated rings. The van der Waals surface area contributed by atoms with Crippen LogP contribution in [0.2, 0.25) is 0 Å². The highest BCUT2D eigenvalue weighted by molar-refractivity contribution is 6.01. The number of hydrogen-bond donors (Lipinski definition) is 0. The van der Waals surface area contributed by atoms with E-state index in [1.165, 1.54) is 0 Å². The Kier molecular flexibility index (Phi) is 4.10. The zero-order chi connectivity index (χ0) is 12.2. The molecule has 0 spiro atoms. The highest BCUT2D eigenvalue weighted by Crippen LogP contribution is 2.42. The van der Waals surface area contributed by atoms with Gasteiger partial charge in [-0.05, 0) is 33.1 Å². The van der Waals surface area contributed by atoms with Gasteiger partial charge in [0, 0.05) is 0 Å². The van der Waals surface area contributed by atoms with Crippen molar-refractivity contribution in [3.63, 3.8) is 0 Å². The van der Waals surface area contributed by atoms with Crippen LogP contribution in [0.25, 0.3) is 0 Å². The molecule has 1 rings (SSSR count). The van der Waals surface area contributed by atoms with Crippen LogP contribution in [0, 0.1) is 11.8 Å². The molecule has 0 aromatic rings. The van der Waals surface area contributed by atoms with Gasteiger partial charge in [0.1, 0.15) is 0 Å². The molecule has 0 unspecified atom stereocenters. The van der Waals surface area contributed by atoms with Crippen molar-refractivity contribution < 1.29 is 19.1 Å². The van der Waals surface area contributed by atoms with E-state index in [1.807, 2.05) is 0 Å². The quantitative estimate of drug-likeness (QED) is 0.539. The van der Waals surface area contributed by atoms with Crippen molar-refractivity contribution >= 4 is 11.9 Å². The number of carbonyl (C=O) groups is 2. The van der Waals surface area contributed by atoms with E-state index < -0.39 is 17.4 Å². The number of esters is 2. The minimum absolute atomic E-state index is 0.256. The molecule has 0 aromatic carbocycles. The molecule has 0 aromatic heterocycles. The lowest BCUT2D eigenvalue weighted by atomic mass is 9.86. The van der Waals surface area contributed by atoms with Crippen LogP contribution in [0.1, 0.15) is 26.7 Å². The second-order valence-corrected chi connectivity index (χ2v) is 3.77. The van der Waals surface area contributed by atoms with Crippen LogP contribution in [0.3, 0.4) is 0 Å². The number of rotatable bonds is 4. The molecule has 0 atom stereocenters. The lowest BCUT2D eigenvalue weighted by Gasteiger charge is -2.23. The summed E-state index contributed by atoms with van der Waals surface area (Å²) in [5.74, 6) is -1.02. The average Bonchev–Trinajstić information content (AvgIpc) is 2.63. The summed E-state index contributed by atoms with van der Waals surface area (Å²) in [7, 11) is 0. The molecule has 0 bridgehead atoms. The Morgan fingerprint density at radius 1 is 1.31 bits per heavy atom. The normalized spacial score (nSPS) is 18.2. The van der Waals surface area contributed by atoms with E-state index in [-0.39, 0.29) is 13.2 Å². The third-order valence-electron chi connectivity index (χ3n) is 2.60. The van der Waals surface area contributed by atoms with E-state index in [4.69, 9.17) is 9.47 Å². The number of allylic oxidation sites excluding steroid dienone is 1. The van der Waals surface area contributed by atoms with Crippen molar-refractivity contribution in [1.82, 2.24) is 0 Å². The molecular formula is C12H17O4. The van der Waals surface area contributed by atoms with Crippen LogP contribution >= 0.6 is 0 Å². The van der Waals surface area contributed by atoms with E-state index in [1.54, 1.807) is 20.3 Å². The predicted molar refractivity (Wildman–Crippen MR) is 58.4 cm³/mol. The minimum atomic E-state index is -1.19. The molecule has 0 heterocycles. The molecule has 1 saturated carbocycles. The maximum Gasteiger partial charge on any atom is 0.323 e. The molecule has 0 saturated heterocycles. The van der Waals surface area contributed by atoms with Crippen LogP contribution in [-0.2, 0) is 19.1 Å². The summed E-state index contributed by atoms with van der Waals surface area (Å²) >= 11 is 0. The summed E-state index contributed by atoms with van der Waals surface area (Å²) in [5, 5.41) is 0. The maximum absolute atomic E-state index is 11.8. The molecule has 0 N–H and O–H groups in total. The zero-order valence-electron chi connectivity index (χ0n) is 9.75.